The third kappa shape index (κ3) is 4.26. The molecule has 1 aliphatic rings. The Balaban J connectivity index is 1.45. The molecular formula is C21H22BrN3O2S2. The number of benzene rings is 2. The predicted molar refractivity (Wildman–Crippen MR) is 122 cm³/mol. The molecule has 1 fully saturated rings. The van der Waals surface area contributed by atoms with Gasteiger partial charge in [-0.25, -0.2) is 13.4 Å². The van der Waals surface area contributed by atoms with Crippen molar-refractivity contribution in [1.82, 2.24) is 9.29 Å². The van der Waals surface area contributed by atoms with Crippen LogP contribution in [-0.4, -0.2) is 43.9 Å². The number of piperazine rings is 1. The van der Waals surface area contributed by atoms with Crippen molar-refractivity contribution < 1.29 is 8.42 Å². The van der Waals surface area contributed by atoms with Crippen LogP contribution in [0.2, 0.25) is 0 Å². The topological polar surface area (TPSA) is 53.5 Å². The molecule has 0 unspecified atom stereocenters. The lowest BCUT2D eigenvalue weighted by atomic mass is 10.1. The zero-order chi connectivity index (χ0) is 20.4. The Bertz CT molecular complexity index is 1090. The average molecular weight is 492 g/mol. The van der Waals surface area contributed by atoms with Gasteiger partial charge in [-0.15, -0.1) is 11.3 Å². The summed E-state index contributed by atoms with van der Waals surface area (Å²) in [5.41, 5.74) is 4.38. The molecule has 5 nitrogen and oxygen atoms in total. The van der Waals surface area contributed by atoms with Crippen molar-refractivity contribution in [1.29, 1.82) is 0 Å². The Morgan fingerprint density at radius 3 is 2.38 bits per heavy atom. The number of thiazole rings is 1. The molecule has 0 spiro atoms. The molecule has 1 saturated heterocycles. The number of nitrogens with zero attached hydrogens (tertiary/aromatic N) is 3. The minimum atomic E-state index is -3.46. The number of halogens is 1. The molecule has 1 aliphatic heterocycles. The second-order valence-electron chi connectivity index (χ2n) is 7.00. The highest BCUT2D eigenvalue weighted by Gasteiger charge is 2.29. The molecule has 2 heterocycles. The summed E-state index contributed by atoms with van der Waals surface area (Å²) < 4.78 is 27.5. The van der Waals surface area contributed by atoms with Crippen molar-refractivity contribution in [2.24, 2.45) is 0 Å². The maximum Gasteiger partial charge on any atom is 0.243 e. The highest BCUT2D eigenvalue weighted by Crippen LogP contribution is 2.30. The van der Waals surface area contributed by atoms with Gasteiger partial charge in [-0.05, 0) is 30.2 Å². The highest BCUT2D eigenvalue weighted by molar-refractivity contribution is 9.08. The predicted octanol–water partition coefficient (Wildman–Crippen LogP) is 4.52. The molecule has 3 aromatic rings. The fourth-order valence-corrected chi connectivity index (χ4v) is 6.09. The Hall–Kier alpha value is -1.74. The number of hydrogen-bond donors (Lipinski definition) is 0. The van der Waals surface area contributed by atoms with Gasteiger partial charge >= 0.3 is 0 Å². The fraction of sp³-hybridized carbons (Fsp3) is 0.286. The van der Waals surface area contributed by atoms with E-state index in [0.29, 0.717) is 36.4 Å². The van der Waals surface area contributed by atoms with Crippen LogP contribution in [0.5, 0.6) is 0 Å². The Kier molecular flexibility index (Phi) is 6.06. The standard InChI is InChI=1S/C21H22BrN3O2S2/c1-16-4-2-3-5-19(16)20-15-28-21(23-20)24-10-12-25(13-11-24)29(26,27)18-8-6-17(14-22)7-9-18/h2-9,15H,10-14H2,1H3. The summed E-state index contributed by atoms with van der Waals surface area (Å²) in [6.07, 6.45) is 0. The van der Waals surface area contributed by atoms with Gasteiger partial charge in [0.05, 0.1) is 10.6 Å². The fourth-order valence-electron chi connectivity index (χ4n) is 3.41. The van der Waals surface area contributed by atoms with Crippen LogP contribution in [0, 0.1) is 6.92 Å². The first-order chi connectivity index (χ1) is 14.0. The molecule has 8 heteroatoms. The molecule has 152 valence electrons. The molecule has 4 rings (SSSR count). The van der Waals surface area contributed by atoms with Gasteiger partial charge in [0.2, 0.25) is 10.0 Å². The lowest BCUT2D eigenvalue weighted by Crippen LogP contribution is -2.48. The number of aromatic nitrogens is 1. The number of anilines is 1. The van der Waals surface area contributed by atoms with Crippen molar-refractivity contribution in [3.63, 3.8) is 0 Å². The summed E-state index contributed by atoms with van der Waals surface area (Å²) in [6.45, 7) is 4.28. The molecule has 0 N–H and O–H groups in total. The van der Waals surface area contributed by atoms with Gasteiger partial charge in [0, 0.05) is 42.5 Å². The zero-order valence-electron chi connectivity index (χ0n) is 16.1. The van der Waals surface area contributed by atoms with E-state index >= 15 is 0 Å². The normalized spacial score (nSPS) is 15.6. The molecule has 1 aromatic heterocycles. The third-order valence-electron chi connectivity index (χ3n) is 5.14. The van der Waals surface area contributed by atoms with E-state index in [1.165, 1.54) is 5.56 Å². The van der Waals surface area contributed by atoms with Gasteiger partial charge in [-0.1, -0.05) is 52.3 Å². The van der Waals surface area contributed by atoms with Crippen LogP contribution in [0.15, 0.2) is 58.8 Å². The first-order valence-electron chi connectivity index (χ1n) is 9.40. The smallest absolute Gasteiger partial charge is 0.243 e. The van der Waals surface area contributed by atoms with Gasteiger partial charge in [-0.3, -0.25) is 0 Å². The van der Waals surface area contributed by atoms with Gasteiger partial charge in [0.1, 0.15) is 0 Å². The number of hydrogen-bond acceptors (Lipinski definition) is 5. The summed E-state index contributed by atoms with van der Waals surface area (Å²) in [6, 6.07) is 15.3. The van der Waals surface area contributed by atoms with Crippen molar-refractivity contribution in [3.8, 4) is 11.3 Å². The lowest BCUT2D eigenvalue weighted by molar-refractivity contribution is 0.385. The van der Waals surface area contributed by atoms with Crippen LogP contribution in [0.1, 0.15) is 11.1 Å². The van der Waals surface area contributed by atoms with Gasteiger partial charge in [0.25, 0.3) is 0 Å². The summed E-state index contributed by atoms with van der Waals surface area (Å²) in [7, 11) is -3.46. The van der Waals surface area contributed by atoms with Crippen LogP contribution >= 0.6 is 27.3 Å². The van der Waals surface area contributed by atoms with E-state index in [0.717, 1.165) is 22.0 Å². The summed E-state index contributed by atoms with van der Waals surface area (Å²) in [5, 5.41) is 3.73. The monoisotopic (exact) mass is 491 g/mol. The highest BCUT2D eigenvalue weighted by atomic mass is 79.9. The zero-order valence-corrected chi connectivity index (χ0v) is 19.3. The number of sulfonamides is 1. The van der Waals surface area contributed by atoms with E-state index < -0.39 is 10.0 Å². The molecular weight excluding hydrogens is 470 g/mol. The molecule has 0 aliphatic carbocycles. The molecule has 0 amide bonds. The maximum absolute atomic E-state index is 12.9. The Morgan fingerprint density at radius 2 is 1.72 bits per heavy atom. The SMILES string of the molecule is Cc1ccccc1-c1csc(N2CCN(S(=O)(=O)c3ccc(CBr)cc3)CC2)n1. The quantitative estimate of drug-likeness (QED) is 0.492. The second-order valence-corrected chi connectivity index (χ2v) is 10.3. The number of rotatable bonds is 5. The van der Waals surface area contributed by atoms with Crippen LogP contribution in [-0.2, 0) is 15.4 Å². The van der Waals surface area contributed by atoms with Gasteiger partial charge in [-0.2, -0.15) is 4.31 Å². The van der Waals surface area contributed by atoms with Crippen molar-refractivity contribution >= 4 is 42.4 Å². The van der Waals surface area contributed by atoms with E-state index in [4.69, 9.17) is 4.98 Å². The van der Waals surface area contributed by atoms with E-state index in [1.54, 1.807) is 27.8 Å². The summed E-state index contributed by atoms with van der Waals surface area (Å²) >= 11 is 5.00. The molecule has 2 aromatic carbocycles. The molecule has 29 heavy (non-hydrogen) atoms. The van der Waals surface area contributed by atoms with Crippen molar-refractivity contribution in [2.45, 2.75) is 17.1 Å². The second kappa shape index (κ2) is 8.55. The van der Waals surface area contributed by atoms with Crippen molar-refractivity contribution in [3.05, 3.63) is 65.0 Å². The van der Waals surface area contributed by atoms with Crippen LogP contribution in [0.3, 0.4) is 0 Å². The Labute approximate surface area is 184 Å². The van der Waals surface area contributed by atoms with E-state index in [1.807, 2.05) is 24.3 Å². The first kappa shape index (κ1) is 20.5. The van der Waals surface area contributed by atoms with E-state index in [9.17, 15) is 8.42 Å². The molecule has 0 radical (unpaired) electrons. The molecule has 0 bridgehead atoms. The lowest BCUT2D eigenvalue weighted by Gasteiger charge is -2.33. The van der Waals surface area contributed by atoms with E-state index in [-0.39, 0.29) is 0 Å². The maximum atomic E-state index is 12.9. The summed E-state index contributed by atoms with van der Waals surface area (Å²) in [5.74, 6) is 0. The van der Waals surface area contributed by atoms with Crippen LogP contribution < -0.4 is 4.90 Å². The minimum Gasteiger partial charge on any atom is -0.345 e. The summed E-state index contributed by atoms with van der Waals surface area (Å²) in [4.78, 5) is 7.33. The molecule has 0 atom stereocenters. The number of aryl methyl sites for hydroxylation is 1. The van der Waals surface area contributed by atoms with E-state index in [2.05, 4.69) is 45.3 Å². The van der Waals surface area contributed by atoms with Gasteiger partial charge < -0.3 is 4.90 Å². The first-order valence-corrected chi connectivity index (χ1v) is 12.8. The van der Waals surface area contributed by atoms with Gasteiger partial charge in [0.15, 0.2) is 5.13 Å². The largest absolute Gasteiger partial charge is 0.345 e. The minimum absolute atomic E-state index is 0.353. The number of alkyl halides is 1. The van der Waals surface area contributed by atoms with Crippen molar-refractivity contribution in [2.75, 3.05) is 31.1 Å². The Morgan fingerprint density at radius 1 is 1.03 bits per heavy atom. The average Bonchev–Trinajstić information content (AvgIpc) is 3.24. The van der Waals surface area contributed by atoms with Crippen LogP contribution in [0.4, 0.5) is 5.13 Å². The van der Waals surface area contributed by atoms with Crippen LogP contribution in [0.25, 0.3) is 11.3 Å². The third-order valence-corrected chi connectivity index (χ3v) is 8.60. The molecule has 0 saturated carbocycles.